The molecule has 1 aromatic rings. The molecular formula is C18H26N2O5S. The molecule has 2 heterocycles. The van der Waals surface area contributed by atoms with E-state index in [-0.39, 0.29) is 29.6 Å². The van der Waals surface area contributed by atoms with Gasteiger partial charge in [0.15, 0.2) is 0 Å². The highest BCUT2D eigenvalue weighted by molar-refractivity contribution is 7.89. The summed E-state index contributed by atoms with van der Waals surface area (Å²) in [5.41, 5.74) is 0.493. The Hall–Kier alpha value is -1.64. The first-order valence-corrected chi connectivity index (χ1v) is 10.5. The molecule has 1 aromatic carbocycles. The maximum absolute atomic E-state index is 13.2. The fourth-order valence-electron chi connectivity index (χ4n) is 3.74. The maximum atomic E-state index is 13.2. The first-order chi connectivity index (χ1) is 12.3. The van der Waals surface area contributed by atoms with Crippen LogP contribution >= 0.6 is 0 Å². The summed E-state index contributed by atoms with van der Waals surface area (Å²) in [6, 6.07) is 4.51. The minimum absolute atomic E-state index is 0.0370. The largest absolute Gasteiger partial charge is 0.487 e. The van der Waals surface area contributed by atoms with E-state index in [0.717, 1.165) is 19.3 Å². The predicted molar refractivity (Wildman–Crippen MR) is 97.8 cm³/mol. The molecule has 0 spiro atoms. The van der Waals surface area contributed by atoms with Crippen molar-refractivity contribution in [2.24, 2.45) is 0 Å². The molecule has 0 radical (unpaired) electrons. The summed E-state index contributed by atoms with van der Waals surface area (Å²) >= 11 is 0. The minimum Gasteiger partial charge on any atom is -0.487 e. The number of amides is 1. The second-order valence-corrected chi connectivity index (χ2v) is 8.86. The molecule has 26 heavy (non-hydrogen) atoms. The summed E-state index contributed by atoms with van der Waals surface area (Å²) in [5.74, 6) is 0.371. The van der Waals surface area contributed by atoms with Crippen LogP contribution in [0.2, 0.25) is 0 Å². The van der Waals surface area contributed by atoms with Crippen LogP contribution in [0.1, 0.15) is 39.5 Å². The van der Waals surface area contributed by atoms with Crippen molar-refractivity contribution in [3.8, 4) is 5.75 Å². The van der Waals surface area contributed by atoms with Crippen molar-refractivity contribution in [1.82, 2.24) is 4.31 Å². The number of benzene rings is 1. The first-order valence-electron chi connectivity index (χ1n) is 9.06. The number of anilines is 1. The van der Waals surface area contributed by atoms with Gasteiger partial charge in [-0.3, -0.25) is 4.79 Å². The van der Waals surface area contributed by atoms with Crippen LogP contribution in [0.5, 0.6) is 5.75 Å². The zero-order valence-corrected chi connectivity index (χ0v) is 16.0. The number of ether oxygens (including phenoxy) is 1. The zero-order valence-electron chi connectivity index (χ0n) is 15.2. The van der Waals surface area contributed by atoms with Crippen molar-refractivity contribution in [3.05, 3.63) is 18.2 Å². The van der Waals surface area contributed by atoms with Gasteiger partial charge in [0.25, 0.3) is 0 Å². The van der Waals surface area contributed by atoms with E-state index < -0.39 is 10.0 Å². The second kappa shape index (κ2) is 7.54. The third-order valence-corrected chi connectivity index (χ3v) is 6.96. The van der Waals surface area contributed by atoms with Crippen LogP contribution in [0.4, 0.5) is 5.69 Å². The van der Waals surface area contributed by atoms with Crippen molar-refractivity contribution in [2.75, 3.05) is 24.6 Å². The number of carbonyl (C=O) groups excluding carboxylic acids is 1. The summed E-state index contributed by atoms with van der Waals surface area (Å²) in [7, 11) is -3.70. The highest BCUT2D eigenvalue weighted by atomic mass is 32.2. The Labute approximate surface area is 154 Å². The van der Waals surface area contributed by atoms with E-state index >= 15 is 0 Å². The Morgan fingerprint density at radius 1 is 1.35 bits per heavy atom. The van der Waals surface area contributed by atoms with Crippen LogP contribution < -0.4 is 9.64 Å². The van der Waals surface area contributed by atoms with Gasteiger partial charge in [-0.15, -0.1) is 0 Å². The Morgan fingerprint density at radius 3 is 2.81 bits per heavy atom. The zero-order chi connectivity index (χ0) is 18.9. The fourth-order valence-corrected chi connectivity index (χ4v) is 5.48. The lowest BCUT2D eigenvalue weighted by Gasteiger charge is -2.36. The summed E-state index contributed by atoms with van der Waals surface area (Å²) in [4.78, 5) is 13.7. The number of aliphatic hydroxyl groups is 1. The molecule has 0 saturated carbocycles. The standard InChI is InChI=1S/C18H26N2O5S/c1-13-12-19(14(2)22)17-11-16(6-7-18(17)25-13)26(23,24)20-9-4-3-5-15(20)8-10-21/h6-7,11,13,15,21H,3-5,8-10,12H2,1-2H3. The lowest BCUT2D eigenvalue weighted by Crippen LogP contribution is -2.44. The number of fused-ring (bicyclic) bond motifs is 1. The van der Waals surface area contributed by atoms with E-state index in [1.165, 1.54) is 23.4 Å². The van der Waals surface area contributed by atoms with Gasteiger partial charge in [-0.05, 0) is 44.4 Å². The van der Waals surface area contributed by atoms with E-state index in [1.807, 2.05) is 6.92 Å². The topological polar surface area (TPSA) is 87.2 Å². The molecule has 1 N–H and O–H groups in total. The molecule has 1 saturated heterocycles. The van der Waals surface area contributed by atoms with Crippen LogP contribution in [0.15, 0.2) is 23.1 Å². The molecule has 0 aromatic heterocycles. The quantitative estimate of drug-likeness (QED) is 0.857. The predicted octanol–water partition coefficient (Wildman–Crippen LogP) is 1.75. The monoisotopic (exact) mass is 382 g/mol. The number of carbonyl (C=O) groups is 1. The summed E-state index contributed by atoms with van der Waals surface area (Å²) < 4.78 is 33.6. The van der Waals surface area contributed by atoms with Gasteiger partial charge < -0.3 is 14.7 Å². The molecular weight excluding hydrogens is 356 g/mol. The van der Waals surface area contributed by atoms with Gasteiger partial charge in [0.05, 0.1) is 17.1 Å². The number of nitrogens with zero attached hydrogens (tertiary/aromatic N) is 2. The van der Waals surface area contributed by atoms with Gasteiger partial charge in [0.1, 0.15) is 11.9 Å². The van der Waals surface area contributed by atoms with Crippen LogP contribution in [-0.4, -0.2) is 55.6 Å². The Kier molecular flexibility index (Phi) is 5.55. The number of rotatable bonds is 4. The molecule has 2 aliphatic rings. The van der Waals surface area contributed by atoms with Crippen LogP contribution in [0.3, 0.4) is 0 Å². The average Bonchev–Trinajstić information content (AvgIpc) is 2.61. The second-order valence-electron chi connectivity index (χ2n) is 6.97. The third kappa shape index (κ3) is 3.58. The van der Waals surface area contributed by atoms with Gasteiger partial charge >= 0.3 is 0 Å². The van der Waals surface area contributed by atoms with Crippen molar-refractivity contribution >= 4 is 21.6 Å². The molecule has 2 unspecified atom stereocenters. The smallest absolute Gasteiger partial charge is 0.243 e. The molecule has 2 aliphatic heterocycles. The summed E-state index contributed by atoms with van der Waals surface area (Å²) in [6.45, 7) is 4.14. The molecule has 3 rings (SSSR count). The third-order valence-electron chi connectivity index (χ3n) is 5.01. The van der Waals surface area contributed by atoms with Crippen molar-refractivity contribution in [2.45, 2.75) is 56.6 Å². The van der Waals surface area contributed by atoms with Crippen LogP contribution in [0.25, 0.3) is 0 Å². The van der Waals surface area contributed by atoms with Gasteiger partial charge in [0, 0.05) is 26.1 Å². The Morgan fingerprint density at radius 2 is 2.12 bits per heavy atom. The Bertz CT molecular complexity index is 778. The highest BCUT2D eigenvalue weighted by Crippen LogP contribution is 2.37. The molecule has 144 valence electrons. The number of hydrogen-bond acceptors (Lipinski definition) is 5. The minimum atomic E-state index is -3.70. The maximum Gasteiger partial charge on any atom is 0.243 e. The van der Waals surface area contributed by atoms with Gasteiger partial charge in [-0.25, -0.2) is 8.42 Å². The molecule has 8 heteroatoms. The summed E-state index contributed by atoms with van der Waals surface area (Å²) in [6.07, 6.45) is 2.82. The molecule has 1 amide bonds. The van der Waals surface area contributed by atoms with E-state index in [1.54, 1.807) is 11.0 Å². The highest BCUT2D eigenvalue weighted by Gasteiger charge is 2.35. The lowest BCUT2D eigenvalue weighted by molar-refractivity contribution is -0.117. The van der Waals surface area contributed by atoms with Gasteiger partial charge in [-0.2, -0.15) is 4.31 Å². The van der Waals surface area contributed by atoms with Crippen LogP contribution in [-0.2, 0) is 14.8 Å². The number of aliphatic hydroxyl groups excluding tert-OH is 1. The van der Waals surface area contributed by atoms with Crippen molar-refractivity contribution in [3.63, 3.8) is 0 Å². The SMILES string of the molecule is CC(=O)N1CC(C)Oc2ccc(S(=O)(=O)N3CCCCC3CCO)cc21. The van der Waals surface area contributed by atoms with E-state index in [9.17, 15) is 18.3 Å². The molecule has 2 atom stereocenters. The van der Waals surface area contributed by atoms with Crippen molar-refractivity contribution < 1.29 is 23.1 Å². The average molecular weight is 382 g/mol. The van der Waals surface area contributed by atoms with Crippen LogP contribution in [0, 0.1) is 0 Å². The van der Waals surface area contributed by atoms with Gasteiger partial charge in [0.2, 0.25) is 15.9 Å². The van der Waals surface area contributed by atoms with Gasteiger partial charge in [-0.1, -0.05) is 6.42 Å². The number of sulfonamides is 1. The van der Waals surface area contributed by atoms with Crippen molar-refractivity contribution in [1.29, 1.82) is 0 Å². The molecule has 0 bridgehead atoms. The number of hydrogen-bond donors (Lipinski definition) is 1. The Balaban J connectivity index is 1.98. The molecule has 7 nitrogen and oxygen atoms in total. The van der Waals surface area contributed by atoms with E-state index in [4.69, 9.17) is 4.74 Å². The number of piperidine rings is 1. The molecule has 0 aliphatic carbocycles. The lowest BCUT2D eigenvalue weighted by atomic mass is 10.0. The van der Waals surface area contributed by atoms with E-state index in [0.29, 0.717) is 30.9 Å². The summed E-state index contributed by atoms with van der Waals surface area (Å²) in [5, 5.41) is 9.27. The normalized spacial score (nSPS) is 24.0. The first kappa shape index (κ1) is 19.1. The fraction of sp³-hybridized carbons (Fsp3) is 0.611. The molecule has 1 fully saturated rings. The van der Waals surface area contributed by atoms with E-state index in [2.05, 4.69) is 0 Å².